The van der Waals surface area contributed by atoms with Gasteiger partial charge >= 0.3 is 11.9 Å². The van der Waals surface area contributed by atoms with E-state index in [4.69, 9.17) is 9.47 Å². The fourth-order valence-corrected chi connectivity index (χ4v) is 5.65. The van der Waals surface area contributed by atoms with E-state index < -0.39 is 0 Å². The summed E-state index contributed by atoms with van der Waals surface area (Å²) in [7, 11) is 1.45. The first kappa shape index (κ1) is 13.9. The second-order valence-electron chi connectivity index (χ2n) is 7.09. The van der Waals surface area contributed by atoms with Gasteiger partial charge in [-0.3, -0.25) is 9.59 Å². The van der Waals surface area contributed by atoms with Crippen molar-refractivity contribution < 1.29 is 19.1 Å². The minimum Gasteiger partial charge on any atom is -0.469 e. The van der Waals surface area contributed by atoms with Crippen LogP contribution in [-0.4, -0.2) is 25.2 Å². The maximum absolute atomic E-state index is 12.1. The highest BCUT2D eigenvalue weighted by molar-refractivity contribution is 5.74. The molecule has 0 aromatic heterocycles. The van der Waals surface area contributed by atoms with Crippen molar-refractivity contribution in [1.29, 1.82) is 0 Å². The predicted octanol–water partition coefficient (Wildman–Crippen LogP) is 2.41. The molecule has 4 nitrogen and oxygen atoms in total. The van der Waals surface area contributed by atoms with Crippen molar-refractivity contribution in [3.05, 3.63) is 0 Å². The Morgan fingerprint density at radius 3 is 2.55 bits per heavy atom. The first-order chi connectivity index (χ1) is 9.41. The zero-order chi connectivity index (χ0) is 14.7. The highest BCUT2D eigenvalue weighted by Gasteiger charge is 2.72. The van der Waals surface area contributed by atoms with Crippen molar-refractivity contribution in [3.8, 4) is 0 Å². The van der Waals surface area contributed by atoms with Crippen LogP contribution in [0.2, 0.25) is 0 Å². The van der Waals surface area contributed by atoms with Crippen LogP contribution in [0.3, 0.4) is 0 Å². The minimum absolute atomic E-state index is 0.0278. The van der Waals surface area contributed by atoms with Crippen molar-refractivity contribution in [2.75, 3.05) is 7.11 Å². The Bertz CT molecular complexity index is 446. The number of fused-ring (bicyclic) bond motifs is 4. The Morgan fingerprint density at radius 1 is 1.25 bits per heavy atom. The van der Waals surface area contributed by atoms with E-state index in [1.165, 1.54) is 26.9 Å². The second-order valence-corrected chi connectivity index (χ2v) is 7.09. The zero-order valence-electron chi connectivity index (χ0n) is 12.7. The van der Waals surface area contributed by atoms with E-state index in [0.29, 0.717) is 30.1 Å². The molecule has 0 aliphatic heterocycles. The van der Waals surface area contributed by atoms with Gasteiger partial charge in [0.25, 0.3) is 0 Å². The summed E-state index contributed by atoms with van der Waals surface area (Å²) in [5.41, 5.74) is -0.0278. The molecule has 0 spiro atoms. The van der Waals surface area contributed by atoms with Gasteiger partial charge in [-0.2, -0.15) is 0 Å². The van der Waals surface area contributed by atoms with Crippen molar-refractivity contribution in [3.63, 3.8) is 0 Å². The number of hydrogen-bond donors (Lipinski definition) is 0. The van der Waals surface area contributed by atoms with E-state index in [-0.39, 0.29) is 29.4 Å². The van der Waals surface area contributed by atoms with Crippen LogP contribution in [0, 0.1) is 35.0 Å². The zero-order valence-corrected chi connectivity index (χ0v) is 12.7. The summed E-state index contributed by atoms with van der Waals surface area (Å²) >= 11 is 0. The average Bonchev–Trinajstić information content (AvgIpc) is 2.82. The molecule has 0 N–H and O–H groups in total. The first-order valence-electron chi connectivity index (χ1n) is 7.66. The quantitative estimate of drug-likeness (QED) is 0.729. The number of carbonyl (C=O) groups excluding carboxylic acids is 2. The molecule has 7 atom stereocenters. The van der Waals surface area contributed by atoms with Crippen LogP contribution in [0.4, 0.5) is 0 Å². The van der Waals surface area contributed by atoms with Gasteiger partial charge in [0.2, 0.25) is 0 Å². The summed E-state index contributed by atoms with van der Waals surface area (Å²) in [4.78, 5) is 23.5. The largest absolute Gasteiger partial charge is 0.469 e. The van der Waals surface area contributed by atoms with Crippen molar-refractivity contribution >= 4 is 11.9 Å². The highest BCUT2D eigenvalue weighted by atomic mass is 16.5. The molecule has 3 aliphatic rings. The van der Waals surface area contributed by atoms with Crippen LogP contribution in [0.15, 0.2) is 0 Å². The molecule has 0 saturated heterocycles. The molecule has 0 aromatic carbocycles. The van der Waals surface area contributed by atoms with Crippen LogP contribution in [0.25, 0.3) is 0 Å². The number of esters is 2. The van der Waals surface area contributed by atoms with E-state index in [2.05, 4.69) is 13.8 Å². The van der Waals surface area contributed by atoms with Gasteiger partial charge in [0.1, 0.15) is 6.10 Å². The van der Waals surface area contributed by atoms with Gasteiger partial charge in [-0.15, -0.1) is 0 Å². The van der Waals surface area contributed by atoms with Gasteiger partial charge in [0.05, 0.1) is 13.0 Å². The van der Waals surface area contributed by atoms with Crippen molar-refractivity contribution in [2.24, 2.45) is 35.0 Å². The summed E-state index contributed by atoms with van der Waals surface area (Å²) in [6.07, 6.45) is 2.93. The Labute approximate surface area is 120 Å². The molecule has 20 heavy (non-hydrogen) atoms. The number of hydrogen-bond acceptors (Lipinski definition) is 4. The molecule has 3 aliphatic carbocycles. The Hall–Kier alpha value is -1.06. The molecule has 0 unspecified atom stereocenters. The Balaban J connectivity index is 1.91. The molecular weight excluding hydrogens is 256 g/mol. The topological polar surface area (TPSA) is 52.6 Å². The molecule has 4 heteroatoms. The van der Waals surface area contributed by atoms with Gasteiger partial charge in [0, 0.05) is 12.3 Å². The lowest BCUT2D eigenvalue weighted by molar-refractivity contribution is -0.181. The third-order valence-electron chi connectivity index (χ3n) is 6.39. The fourth-order valence-electron chi connectivity index (χ4n) is 5.65. The molecule has 0 radical (unpaired) electrons. The molecule has 0 aromatic rings. The monoisotopic (exact) mass is 280 g/mol. The highest BCUT2D eigenvalue weighted by Crippen LogP contribution is 2.73. The summed E-state index contributed by atoms with van der Waals surface area (Å²) < 4.78 is 10.6. The molecule has 112 valence electrons. The Morgan fingerprint density at radius 2 is 1.95 bits per heavy atom. The summed E-state index contributed by atoms with van der Waals surface area (Å²) in [6.45, 7) is 5.96. The first-order valence-corrected chi connectivity index (χ1v) is 7.66. The third kappa shape index (κ3) is 1.60. The predicted molar refractivity (Wildman–Crippen MR) is 72.7 cm³/mol. The summed E-state index contributed by atoms with van der Waals surface area (Å²) in [5.74, 6) is 1.72. The number of carbonyl (C=O) groups is 2. The van der Waals surface area contributed by atoms with E-state index >= 15 is 0 Å². The normalized spacial score (nSPS) is 49.0. The molecule has 3 rings (SSSR count). The lowest BCUT2D eigenvalue weighted by Crippen LogP contribution is -2.58. The third-order valence-corrected chi connectivity index (χ3v) is 6.39. The van der Waals surface area contributed by atoms with Crippen LogP contribution >= 0.6 is 0 Å². The van der Waals surface area contributed by atoms with Gasteiger partial charge in [-0.1, -0.05) is 20.3 Å². The molecular formula is C16H24O4. The second kappa shape index (κ2) is 4.47. The summed E-state index contributed by atoms with van der Waals surface area (Å²) in [6, 6.07) is 0. The van der Waals surface area contributed by atoms with Gasteiger partial charge < -0.3 is 9.47 Å². The van der Waals surface area contributed by atoms with Gasteiger partial charge in [-0.25, -0.2) is 0 Å². The fraction of sp³-hybridized carbons (Fsp3) is 0.875. The van der Waals surface area contributed by atoms with Crippen LogP contribution in [0.5, 0.6) is 0 Å². The average molecular weight is 280 g/mol. The van der Waals surface area contributed by atoms with Crippen molar-refractivity contribution in [1.82, 2.24) is 0 Å². The van der Waals surface area contributed by atoms with Gasteiger partial charge in [-0.05, 0) is 36.5 Å². The van der Waals surface area contributed by atoms with E-state index in [0.717, 1.165) is 0 Å². The lowest BCUT2D eigenvalue weighted by Gasteiger charge is -2.58. The Kier molecular flexibility index (Phi) is 3.11. The van der Waals surface area contributed by atoms with E-state index in [1.807, 2.05) is 0 Å². The molecule has 0 bridgehead atoms. The van der Waals surface area contributed by atoms with Crippen molar-refractivity contribution in [2.45, 2.75) is 46.1 Å². The molecule has 0 amide bonds. The van der Waals surface area contributed by atoms with E-state index in [9.17, 15) is 9.59 Å². The SMILES string of the molecule is COC(=O)[C@@H]1C[C@@H](OC(C)=O)[C@@]2(C)[C@@H]1[C@@H]1[C@H](C)CC[C@@H]12. The van der Waals surface area contributed by atoms with Crippen LogP contribution in [-0.2, 0) is 19.1 Å². The smallest absolute Gasteiger partial charge is 0.309 e. The van der Waals surface area contributed by atoms with Crippen LogP contribution in [0.1, 0.15) is 40.0 Å². The molecule has 3 fully saturated rings. The maximum Gasteiger partial charge on any atom is 0.309 e. The molecule has 0 heterocycles. The number of ether oxygens (including phenoxy) is 2. The van der Waals surface area contributed by atoms with E-state index in [1.54, 1.807) is 0 Å². The maximum atomic E-state index is 12.1. The lowest BCUT2D eigenvalue weighted by atomic mass is 9.47. The van der Waals surface area contributed by atoms with Gasteiger partial charge in [0.15, 0.2) is 0 Å². The van der Waals surface area contributed by atoms with Crippen LogP contribution < -0.4 is 0 Å². The number of methoxy groups -OCH3 is 1. The minimum atomic E-state index is -0.241. The number of rotatable bonds is 2. The summed E-state index contributed by atoms with van der Waals surface area (Å²) in [5, 5.41) is 0. The molecule has 3 saturated carbocycles. The standard InChI is InChI=1S/C16H24O4/c1-8-5-6-11-13(8)14-10(15(18)19-4)7-12(16(11,14)3)20-9(2)17/h8,10-14H,5-7H2,1-4H3/t8-,10-,11+,12-,13-,14+,16+/m1/s1.